The van der Waals surface area contributed by atoms with E-state index in [9.17, 15) is 4.79 Å². The van der Waals surface area contributed by atoms with Gasteiger partial charge in [0.1, 0.15) is 0 Å². The lowest BCUT2D eigenvalue weighted by molar-refractivity contribution is 0.0751. The number of carbonyl (C=O) groups is 1. The molecule has 0 fully saturated rings. The van der Waals surface area contributed by atoms with Crippen LogP contribution in [0.25, 0.3) is 0 Å². The summed E-state index contributed by atoms with van der Waals surface area (Å²) in [5.74, 6) is 1.26. The Bertz CT molecular complexity index is 1080. The third kappa shape index (κ3) is 4.85. The molecule has 1 aromatic heterocycles. The zero-order valence-corrected chi connectivity index (χ0v) is 19.4. The maximum atomic E-state index is 13.4. The van der Waals surface area contributed by atoms with Crippen LogP contribution in [0.4, 0.5) is 0 Å². The SMILES string of the molecule is CCN(Cc1ccc(OC)c(OC)c1)C(=O)c1c(C)nn(Cc2ccccc2Cl)c1C. The first-order valence-corrected chi connectivity index (χ1v) is 10.5. The van der Waals surface area contributed by atoms with Crippen LogP contribution in [-0.2, 0) is 13.1 Å². The zero-order chi connectivity index (χ0) is 22.5. The number of methoxy groups -OCH3 is 2. The Kier molecular flexibility index (Phi) is 7.23. The molecule has 164 valence electrons. The number of hydrogen-bond acceptors (Lipinski definition) is 4. The van der Waals surface area contributed by atoms with E-state index in [0.29, 0.717) is 47.4 Å². The van der Waals surface area contributed by atoms with E-state index in [-0.39, 0.29) is 5.91 Å². The third-order valence-electron chi connectivity index (χ3n) is 5.36. The Hall–Kier alpha value is -2.99. The molecular weight excluding hydrogens is 414 g/mol. The molecule has 1 heterocycles. The average molecular weight is 442 g/mol. The van der Waals surface area contributed by atoms with Gasteiger partial charge in [0.25, 0.3) is 5.91 Å². The normalized spacial score (nSPS) is 10.8. The van der Waals surface area contributed by atoms with Gasteiger partial charge in [0.15, 0.2) is 11.5 Å². The molecule has 7 heteroatoms. The number of nitrogens with zero attached hydrogens (tertiary/aromatic N) is 3. The van der Waals surface area contributed by atoms with Gasteiger partial charge in [-0.15, -0.1) is 0 Å². The molecule has 6 nitrogen and oxygen atoms in total. The van der Waals surface area contributed by atoms with Gasteiger partial charge in [-0.2, -0.15) is 5.10 Å². The molecule has 0 saturated heterocycles. The minimum atomic E-state index is -0.0438. The predicted octanol–water partition coefficient (Wildman–Crippen LogP) is 4.88. The first-order valence-electron chi connectivity index (χ1n) is 10.2. The fourth-order valence-corrected chi connectivity index (χ4v) is 3.83. The summed E-state index contributed by atoms with van der Waals surface area (Å²) in [5, 5.41) is 5.30. The summed E-state index contributed by atoms with van der Waals surface area (Å²) < 4.78 is 12.5. The lowest BCUT2D eigenvalue weighted by Crippen LogP contribution is -2.31. The molecule has 0 radical (unpaired) electrons. The van der Waals surface area contributed by atoms with Crippen molar-refractivity contribution in [1.29, 1.82) is 0 Å². The number of ether oxygens (including phenoxy) is 2. The van der Waals surface area contributed by atoms with Crippen LogP contribution in [0.1, 0.15) is 39.8 Å². The maximum Gasteiger partial charge on any atom is 0.257 e. The Labute approximate surface area is 188 Å². The number of hydrogen-bond donors (Lipinski definition) is 0. The third-order valence-corrected chi connectivity index (χ3v) is 5.73. The molecule has 0 spiro atoms. The average Bonchev–Trinajstić information content (AvgIpc) is 3.05. The summed E-state index contributed by atoms with van der Waals surface area (Å²) in [6.07, 6.45) is 0. The van der Waals surface area contributed by atoms with Crippen molar-refractivity contribution >= 4 is 17.5 Å². The van der Waals surface area contributed by atoms with Crippen molar-refractivity contribution in [2.45, 2.75) is 33.9 Å². The molecule has 31 heavy (non-hydrogen) atoms. The first kappa shape index (κ1) is 22.7. The monoisotopic (exact) mass is 441 g/mol. The quantitative estimate of drug-likeness (QED) is 0.499. The molecule has 0 aliphatic carbocycles. The lowest BCUT2D eigenvalue weighted by Gasteiger charge is -2.22. The van der Waals surface area contributed by atoms with Crippen molar-refractivity contribution in [2.24, 2.45) is 0 Å². The molecule has 3 rings (SSSR count). The zero-order valence-electron chi connectivity index (χ0n) is 18.6. The molecule has 2 aromatic carbocycles. The summed E-state index contributed by atoms with van der Waals surface area (Å²) >= 11 is 6.31. The first-order chi connectivity index (χ1) is 14.9. The van der Waals surface area contributed by atoms with Crippen LogP contribution < -0.4 is 9.47 Å². The Morgan fingerprint density at radius 3 is 2.45 bits per heavy atom. The smallest absolute Gasteiger partial charge is 0.257 e. The highest BCUT2D eigenvalue weighted by molar-refractivity contribution is 6.31. The number of halogens is 1. The fourth-order valence-electron chi connectivity index (χ4n) is 3.63. The summed E-state index contributed by atoms with van der Waals surface area (Å²) in [4.78, 5) is 15.2. The van der Waals surface area contributed by atoms with Crippen molar-refractivity contribution in [3.05, 3.63) is 75.6 Å². The van der Waals surface area contributed by atoms with Crippen molar-refractivity contribution in [3.63, 3.8) is 0 Å². The summed E-state index contributed by atoms with van der Waals surface area (Å²) in [6, 6.07) is 13.4. The Balaban J connectivity index is 1.85. The number of aryl methyl sites for hydroxylation is 1. The van der Waals surface area contributed by atoms with Crippen LogP contribution >= 0.6 is 11.6 Å². The highest BCUT2D eigenvalue weighted by Crippen LogP contribution is 2.28. The van der Waals surface area contributed by atoms with Gasteiger partial charge in [0.2, 0.25) is 0 Å². The van der Waals surface area contributed by atoms with E-state index < -0.39 is 0 Å². The van der Waals surface area contributed by atoms with Crippen LogP contribution in [0.2, 0.25) is 5.02 Å². The van der Waals surface area contributed by atoms with Crippen LogP contribution in [0.5, 0.6) is 11.5 Å². The fraction of sp³-hybridized carbons (Fsp3) is 0.333. The topological polar surface area (TPSA) is 56.6 Å². The van der Waals surface area contributed by atoms with Gasteiger partial charge in [-0.25, -0.2) is 0 Å². The van der Waals surface area contributed by atoms with Crippen LogP contribution in [0.3, 0.4) is 0 Å². The van der Waals surface area contributed by atoms with Crippen molar-refractivity contribution in [2.75, 3.05) is 20.8 Å². The van der Waals surface area contributed by atoms with E-state index in [1.807, 2.05) is 67.9 Å². The van der Waals surface area contributed by atoms with E-state index in [2.05, 4.69) is 5.10 Å². The lowest BCUT2D eigenvalue weighted by atomic mass is 10.1. The predicted molar refractivity (Wildman–Crippen MR) is 122 cm³/mol. The number of benzene rings is 2. The number of carbonyl (C=O) groups excluding carboxylic acids is 1. The second-order valence-corrected chi connectivity index (χ2v) is 7.71. The number of rotatable bonds is 8. The number of aromatic nitrogens is 2. The number of amides is 1. The van der Waals surface area contributed by atoms with Gasteiger partial charge in [0, 0.05) is 23.8 Å². The van der Waals surface area contributed by atoms with E-state index in [0.717, 1.165) is 16.8 Å². The molecule has 0 aliphatic rings. The Morgan fingerprint density at radius 2 is 1.81 bits per heavy atom. The van der Waals surface area contributed by atoms with Gasteiger partial charge in [0.05, 0.1) is 32.0 Å². The largest absolute Gasteiger partial charge is 0.493 e. The molecule has 1 amide bonds. The van der Waals surface area contributed by atoms with Crippen LogP contribution in [0, 0.1) is 13.8 Å². The minimum Gasteiger partial charge on any atom is -0.493 e. The highest BCUT2D eigenvalue weighted by atomic mass is 35.5. The molecular formula is C24H28ClN3O3. The van der Waals surface area contributed by atoms with Crippen LogP contribution in [-0.4, -0.2) is 41.4 Å². The summed E-state index contributed by atoms with van der Waals surface area (Å²) in [5.41, 5.74) is 4.10. The van der Waals surface area contributed by atoms with Crippen molar-refractivity contribution in [3.8, 4) is 11.5 Å². The van der Waals surface area contributed by atoms with Crippen molar-refractivity contribution < 1.29 is 14.3 Å². The molecule has 0 unspecified atom stereocenters. The molecule has 0 bridgehead atoms. The van der Waals surface area contributed by atoms with Gasteiger partial charge in [-0.1, -0.05) is 35.9 Å². The molecule has 0 atom stereocenters. The van der Waals surface area contributed by atoms with Gasteiger partial charge >= 0.3 is 0 Å². The maximum absolute atomic E-state index is 13.4. The molecule has 0 saturated carbocycles. The van der Waals surface area contributed by atoms with Crippen molar-refractivity contribution in [1.82, 2.24) is 14.7 Å². The summed E-state index contributed by atoms with van der Waals surface area (Å²) in [7, 11) is 3.20. The van der Waals surface area contributed by atoms with Gasteiger partial charge < -0.3 is 14.4 Å². The van der Waals surface area contributed by atoms with E-state index in [1.54, 1.807) is 19.1 Å². The van der Waals surface area contributed by atoms with E-state index >= 15 is 0 Å². The molecule has 3 aromatic rings. The highest BCUT2D eigenvalue weighted by Gasteiger charge is 2.24. The molecule has 0 N–H and O–H groups in total. The molecule has 0 aliphatic heterocycles. The van der Waals surface area contributed by atoms with E-state index in [1.165, 1.54) is 0 Å². The van der Waals surface area contributed by atoms with Gasteiger partial charge in [-0.05, 0) is 50.1 Å². The Morgan fingerprint density at radius 1 is 1.10 bits per heavy atom. The second-order valence-electron chi connectivity index (χ2n) is 7.30. The van der Waals surface area contributed by atoms with Gasteiger partial charge in [-0.3, -0.25) is 9.48 Å². The standard InChI is InChI=1S/C24H28ClN3O3/c1-6-27(14-18-11-12-21(30-4)22(13-18)31-5)24(29)23-16(2)26-28(17(23)3)15-19-9-7-8-10-20(19)25/h7-13H,6,14-15H2,1-5H3. The minimum absolute atomic E-state index is 0.0438. The second kappa shape index (κ2) is 9.88. The summed E-state index contributed by atoms with van der Waals surface area (Å²) in [6.45, 7) is 7.31. The van der Waals surface area contributed by atoms with E-state index in [4.69, 9.17) is 21.1 Å². The van der Waals surface area contributed by atoms with Crippen LogP contribution in [0.15, 0.2) is 42.5 Å².